The van der Waals surface area contributed by atoms with E-state index < -0.39 is 22.4 Å². The Labute approximate surface area is 80.1 Å². The molecule has 0 aromatic carbocycles. The summed E-state index contributed by atoms with van der Waals surface area (Å²) in [6.07, 6.45) is 0.233. The van der Waals surface area contributed by atoms with E-state index in [1.54, 1.807) is 13.8 Å². The summed E-state index contributed by atoms with van der Waals surface area (Å²) in [5.41, 5.74) is -0.676. The zero-order valence-electron chi connectivity index (χ0n) is 7.26. The Morgan fingerprint density at radius 2 is 2.15 bits per heavy atom. The summed E-state index contributed by atoms with van der Waals surface area (Å²) in [6, 6.07) is 0. The first kappa shape index (κ1) is 10.1. The lowest BCUT2D eigenvalue weighted by Gasteiger charge is -2.07. The maximum absolute atomic E-state index is 11.1. The second-order valence-corrected chi connectivity index (χ2v) is 3.87. The monoisotopic (exact) mass is 204 g/mol. The normalized spacial score (nSPS) is 24.1. The van der Waals surface area contributed by atoms with Gasteiger partial charge < -0.3 is 9.84 Å². The van der Waals surface area contributed by atoms with E-state index in [4.69, 9.17) is 21.4 Å². The first-order valence-electron chi connectivity index (χ1n) is 3.69. The first-order chi connectivity index (χ1) is 5.84. The highest BCUT2D eigenvalue weighted by molar-refractivity contribution is 6.41. The average Bonchev–Trinajstić information content (AvgIpc) is 2.25. The van der Waals surface area contributed by atoms with Crippen molar-refractivity contribution in [2.24, 2.45) is 5.41 Å². The highest BCUT2D eigenvalue weighted by Crippen LogP contribution is 2.37. The first-order valence-corrected chi connectivity index (χ1v) is 4.06. The van der Waals surface area contributed by atoms with Gasteiger partial charge in [0, 0.05) is 6.42 Å². The SMILES string of the molecule is CC1(C)C/C(=C(/Cl)C(=O)O)OC1=O. The lowest BCUT2D eigenvalue weighted by molar-refractivity contribution is -0.142. The highest BCUT2D eigenvalue weighted by Gasteiger charge is 2.40. The second-order valence-electron chi connectivity index (χ2n) is 3.49. The van der Waals surface area contributed by atoms with E-state index in [-0.39, 0.29) is 12.2 Å². The van der Waals surface area contributed by atoms with Crippen molar-refractivity contribution in [1.82, 2.24) is 0 Å². The van der Waals surface area contributed by atoms with E-state index in [2.05, 4.69) is 0 Å². The molecular weight excluding hydrogens is 196 g/mol. The van der Waals surface area contributed by atoms with Crippen LogP contribution < -0.4 is 0 Å². The third kappa shape index (κ3) is 1.83. The molecule has 0 aromatic rings. The zero-order chi connectivity index (χ0) is 10.2. The van der Waals surface area contributed by atoms with Crippen LogP contribution in [0.2, 0.25) is 0 Å². The molecule has 1 heterocycles. The number of rotatable bonds is 1. The largest absolute Gasteiger partial charge is 0.477 e. The molecule has 0 spiro atoms. The number of carboxylic acids is 1. The number of ether oxygens (including phenoxy) is 1. The molecule has 0 atom stereocenters. The minimum absolute atomic E-state index is 0.0455. The Kier molecular flexibility index (Phi) is 2.34. The summed E-state index contributed by atoms with van der Waals surface area (Å²) in [4.78, 5) is 21.5. The standard InChI is InChI=1S/C8H9ClO4/c1-8(2)3-4(13-7(8)12)5(9)6(10)11/h3H2,1-2H3,(H,10,11)/b5-4-. The van der Waals surface area contributed by atoms with Gasteiger partial charge in [0.05, 0.1) is 5.41 Å². The molecule has 0 aromatic heterocycles. The van der Waals surface area contributed by atoms with Crippen LogP contribution in [0.4, 0.5) is 0 Å². The number of cyclic esters (lactones) is 1. The van der Waals surface area contributed by atoms with Gasteiger partial charge in [-0.15, -0.1) is 0 Å². The smallest absolute Gasteiger partial charge is 0.350 e. The molecule has 1 aliphatic rings. The van der Waals surface area contributed by atoms with Gasteiger partial charge in [-0.2, -0.15) is 0 Å². The maximum Gasteiger partial charge on any atom is 0.350 e. The van der Waals surface area contributed by atoms with Crippen molar-refractivity contribution < 1.29 is 19.4 Å². The lowest BCUT2D eigenvalue weighted by Crippen LogP contribution is -2.16. The van der Waals surface area contributed by atoms with Crippen LogP contribution in [-0.2, 0) is 14.3 Å². The molecule has 0 amide bonds. The van der Waals surface area contributed by atoms with Gasteiger partial charge in [-0.25, -0.2) is 4.79 Å². The highest BCUT2D eigenvalue weighted by atomic mass is 35.5. The molecule has 1 saturated heterocycles. The van der Waals surface area contributed by atoms with Gasteiger partial charge in [-0.3, -0.25) is 4.79 Å². The number of aliphatic carboxylic acids is 1. The summed E-state index contributed by atoms with van der Waals surface area (Å²) in [5.74, 6) is -1.67. The van der Waals surface area contributed by atoms with Crippen LogP contribution in [0.25, 0.3) is 0 Å². The van der Waals surface area contributed by atoms with Gasteiger partial charge in [0.15, 0.2) is 5.03 Å². The second kappa shape index (κ2) is 3.03. The summed E-state index contributed by atoms with van der Waals surface area (Å²) in [5, 5.41) is 8.10. The summed E-state index contributed by atoms with van der Waals surface area (Å²) in [7, 11) is 0. The number of halogens is 1. The van der Waals surface area contributed by atoms with Gasteiger partial charge in [-0.1, -0.05) is 11.6 Å². The van der Waals surface area contributed by atoms with Crippen LogP contribution in [0.5, 0.6) is 0 Å². The molecule has 1 aliphatic heterocycles. The molecule has 72 valence electrons. The van der Waals surface area contributed by atoms with Crippen LogP contribution in [-0.4, -0.2) is 17.0 Å². The Balaban J connectivity index is 2.98. The van der Waals surface area contributed by atoms with Crippen molar-refractivity contribution in [2.75, 3.05) is 0 Å². The molecule has 0 aliphatic carbocycles. The lowest BCUT2D eigenvalue weighted by atomic mass is 9.91. The van der Waals surface area contributed by atoms with Gasteiger partial charge >= 0.3 is 11.9 Å². The maximum atomic E-state index is 11.1. The van der Waals surface area contributed by atoms with Gasteiger partial charge in [0.1, 0.15) is 5.76 Å². The molecular formula is C8H9ClO4. The van der Waals surface area contributed by atoms with Crippen LogP contribution in [0.1, 0.15) is 20.3 Å². The minimum Gasteiger partial charge on any atom is -0.477 e. The molecule has 13 heavy (non-hydrogen) atoms. The van der Waals surface area contributed by atoms with E-state index in [1.165, 1.54) is 0 Å². The molecule has 0 saturated carbocycles. The molecule has 0 unspecified atom stereocenters. The van der Waals surface area contributed by atoms with Crippen molar-refractivity contribution in [3.63, 3.8) is 0 Å². The Hall–Kier alpha value is -1.03. The number of hydrogen-bond acceptors (Lipinski definition) is 3. The van der Waals surface area contributed by atoms with Crippen molar-refractivity contribution in [3.8, 4) is 0 Å². The van der Waals surface area contributed by atoms with Crippen LogP contribution in [0.3, 0.4) is 0 Å². The third-order valence-electron chi connectivity index (χ3n) is 1.80. The van der Waals surface area contributed by atoms with E-state index in [0.717, 1.165) is 0 Å². The molecule has 1 N–H and O–H groups in total. The van der Waals surface area contributed by atoms with Crippen molar-refractivity contribution in [1.29, 1.82) is 0 Å². The fourth-order valence-electron chi connectivity index (χ4n) is 1.00. The van der Waals surface area contributed by atoms with Crippen LogP contribution >= 0.6 is 11.6 Å². The third-order valence-corrected chi connectivity index (χ3v) is 2.18. The molecule has 4 nitrogen and oxygen atoms in total. The van der Waals surface area contributed by atoms with Crippen LogP contribution in [0, 0.1) is 5.41 Å². The van der Waals surface area contributed by atoms with E-state index in [1.807, 2.05) is 0 Å². The minimum atomic E-state index is -1.28. The van der Waals surface area contributed by atoms with Gasteiger partial charge in [0.25, 0.3) is 0 Å². The van der Waals surface area contributed by atoms with E-state index in [9.17, 15) is 9.59 Å². The van der Waals surface area contributed by atoms with E-state index in [0.29, 0.717) is 0 Å². The summed E-state index contributed by atoms with van der Waals surface area (Å²) in [6.45, 7) is 3.35. The number of carbonyl (C=O) groups excluding carboxylic acids is 1. The van der Waals surface area contributed by atoms with Gasteiger partial charge in [-0.05, 0) is 13.8 Å². The predicted molar refractivity (Wildman–Crippen MR) is 45.0 cm³/mol. The van der Waals surface area contributed by atoms with Gasteiger partial charge in [0.2, 0.25) is 0 Å². The topological polar surface area (TPSA) is 63.6 Å². The molecule has 1 fully saturated rings. The number of hydrogen-bond donors (Lipinski definition) is 1. The van der Waals surface area contributed by atoms with Crippen molar-refractivity contribution in [3.05, 3.63) is 10.8 Å². The van der Waals surface area contributed by atoms with Crippen molar-refractivity contribution in [2.45, 2.75) is 20.3 Å². The fraction of sp³-hybridized carbons (Fsp3) is 0.500. The van der Waals surface area contributed by atoms with Crippen LogP contribution in [0.15, 0.2) is 10.8 Å². The number of carboxylic acid groups (broad SMARTS) is 1. The fourth-order valence-corrected chi connectivity index (χ4v) is 1.11. The molecule has 0 bridgehead atoms. The Bertz CT molecular complexity index is 303. The summed E-state index contributed by atoms with van der Waals surface area (Å²) < 4.78 is 4.73. The Morgan fingerprint density at radius 3 is 2.46 bits per heavy atom. The average molecular weight is 205 g/mol. The predicted octanol–water partition coefficient (Wildman–Crippen LogP) is 1.49. The molecule has 5 heteroatoms. The van der Waals surface area contributed by atoms with E-state index >= 15 is 0 Å². The number of carbonyl (C=O) groups is 2. The zero-order valence-corrected chi connectivity index (χ0v) is 8.01. The summed E-state index contributed by atoms with van der Waals surface area (Å²) >= 11 is 5.42. The number of allylic oxidation sites excluding steroid dienone is 1. The van der Waals surface area contributed by atoms with Crippen molar-refractivity contribution >= 4 is 23.5 Å². The molecule has 1 rings (SSSR count). The molecule has 0 radical (unpaired) electrons. The quantitative estimate of drug-likeness (QED) is 0.519. The Morgan fingerprint density at radius 1 is 1.62 bits per heavy atom. The number of esters is 1.